The van der Waals surface area contributed by atoms with Crippen LogP contribution in [0.25, 0.3) is 22.2 Å². The minimum absolute atomic E-state index is 0.182. The zero-order valence-electron chi connectivity index (χ0n) is 17.1. The SMILES string of the molecule is Cn1c(=O)c2c(-c3ccccc3)n3c(c2n(C)c1=O)C(C1CCCCC1)NCC3. The van der Waals surface area contributed by atoms with Crippen molar-refractivity contribution in [3.63, 3.8) is 0 Å². The average molecular weight is 393 g/mol. The molecular weight excluding hydrogens is 364 g/mol. The molecule has 6 heteroatoms. The topological polar surface area (TPSA) is 61.0 Å². The van der Waals surface area contributed by atoms with Gasteiger partial charge in [-0.15, -0.1) is 0 Å². The molecule has 0 radical (unpaired) electrons. The van der Waals surface area contributed by atoms with Gasteiger partial charge in [-0.25, -0.2) is 4.79 Å². The monoisotopic (exact) mass is 392 g/mol. The first-order valence-corrected chi connectivity index (χ1v) is 10.7. The number of hydrogen-bond acceptors (Lipinski definition) is 3. The number of hydrogen-bond donors (Lipinski definition) is 1. The molecule has 1 aliphatic heterocycles. The van der Waals surface area contributed by atoms with Crippen LogP contribution in [-0.4, -0.2) is 20.2 Å². The zero-order chi connectivity index (χ0) is 20.1. The molecule has 0 spiro atoms. The Morgan fingerprint density at radius 2 is 1.69 bits per heavy atom. The average Bonchev–Trinajstić information content (AvgIpc) is 3.13. The van der Waals surface area contributed by atoms with Gasteiger partial charge in [0.2, 0.25) is 0 Å². The summed E-state index contributed by atoms with van der Waals surface area (Å²) in [5, 5.41) is 4.40. The highest BCUT2D eigenvalue weighted by atomic mass is 16.2. The van der Waals surface area contributed by atoms with Crippen LogP contribution in [0, 0.1) is 5.92 Å². The fraction of sp³-hybridized carbons (Fsp3) is 0.478. The van der Waals surface area contributed by atoms with E-state index in [0.717, 1.165) is 35.6 Å². The Morgan fingerprint density at radius 3 is 2.41 bits per heavy atom. The minimum atomic E-state index is -0.261. The van der Waals surface area contributed by atoms with Crippen molar-refractivity contribution in [2.24, 2.45) is 20.0 Å². The second-order valence-electron chi connectivity index (χ2n) is 8.51. The predicted octanol–water partition coefficient (Wildman–Crippen LogP) is 2.93. The van der Waals surface area contributed by atoms with E-state index in [2.05, 4.69) is 22.0 Å². The summed E-state index contributed by atoms with van der Waals surface area (Å²) in [6.45, 7) is 1.68. The Morgan fingerprint density at radius 1 is 0.966 bits per heavy atom. The number of rotatable bonds is 2. The van der Waals surface area contributed by atoms with Crippen molar-refractivity contribution >= 4 is 10.9 Å². The van der Waals surface area contributed by atoms with E-state index in [1.807, 2.05) is 18.2 Å². The van der Waals surface area contributed by atoms with Crippen molar-refractivity contribution in [1.29, 1.82) is 0 Å². The van der Waals surface area contributed by atoms with Gasteiger partial charge in [0.15, 0.2) is 0 Å². The van der Waals surface area contributed by atoms with Gasteiger partial charge in [-0.05, 0) is 24.3 Å². The maximum atomic E-state index is 13.3. The molecule has 3 heterocycles. The molecule has 1 saturated carbocycles. The molecule has 1 aliphatic carbocycles. The number of aromatic nitrogens is 3. The number of aryl methyl sites for hydroxylation is 1. The van der Waals surface area contributed by atoms with Gasteiger partial charge in [-0.2, -0.15) is 0 Å². The molecule has 29 heavy (non-hydrogen) atoms. The standard InChI is InChI=1S/C23H28N4O2/c1-25-20-17(22(28)26(2)23(25)29)19(16-11-7-4-8-12-16)27-14-13-24-18(21(20)27)15-9-5-3-6-10-15/h4,7-8,11-12,15,18,24H,3,5-6,9-10,13-14H2,1-2H3. The van der Waals surface area contributed by atoms with E-state index in [1.165, 1.54) is 36.7 Å². The van der Waals surface area contributed by atoms with Crippen LogP contribution < -0.4 is 16.6 Å². The third-order valence-corrected chi connectivity index (χ3v) is 6.87. The smallest absolute Gasteiger partial charge is 0.331 e. The lowest BCUT2D eigenvalue weighted by molar-refractivity contribution is 0.247. The Kier molecular flexibility index (Phi) is 4.46. The molecule has 0 amide bonds. The second-order valence-corrected chi connectivity index (χ2v) is 8.51. The van der Waals surface area contributed by atoms with Gasteiger partial charge >= 0.3 is 5.69 Å². The van der Waals surface area contributed by atoms with Crippen LogP contribution in [0.2, 0.25) is 0 Å². The molecule has 5 rings (SSSR count). The normalized spacial score (nSPS) is 20.1. The maximum absolute atomic E-state index is 13.3. The van der Waals surface area contributed by atoms with E-state index < -0.39 is 0 Å². The lowest BCUT2D eigenvalue weighted by Gasteiger charge is -2.35. The molecule has 6 nitrogen and oxygen atoms in total. The minimum Gasteiger partial charge on any atom is -0.339 e. The van der Waals surface area contributed by atoms with E-state index in [1.54, 1.807) is 18.7 Å². The second kappa shape index (κ2) is 7.02. The molecule has 0 bridgehead atoms. The highest BCUT2D eigenvalue weighted by Crippen LogP contribution is 2.42. The van der Waals surface area contributed by atoms with Gasteiger partial charge in [0, 0.05) is 27.2 Å². The highest BCUT2D eigenvalue weighted by molar-refractivity contribution is 5.96. The summed E-state index contributed by atoms with van der Waals surface area (Å²) in [5.41, 5.74) is 3.45. The zero-order valence-corrected chi connectivity index (χ0v) is 17.1. The third kappa shape index (κ3) is 2.73. The van der Waals surface area contributed by atoms with E-state index in [-0.39, 0.29) is 17.3 Å². The molecule has 1 aromatic carbocycles. The summed E-state index contributed by atoms with van der Waals surface area (Å²) in [7, 11) is 3.37. The summed E-state index contributed by atoms with van der Waals surface area (Å²) >= 11 is 0. The van der Waals surface area contributed by atoms with Crippen molar-refractivity contribution in [2.45, 2.75) is 44.7 Å². The van der Waals surface area contributed by atoms with Crippen molar-refractivity contribution in [3.8, 4) is 11.3 Å². The van der Waals surface area contributed by atoms with Crippen LogP contribution in [0.15, 0.2) is 39.9 Å². The van der Waals surface area contributed by atoms with Crippen LogP contribution in [0.3, 0.4) is 0 Å². The summed E-state index contributed by atoms with van der Waals surface area (Å²) < 4.78 is 5.23. The van der Waals surface area contributed by atoms with E-state index in [9.17, 15) is 9.59 Å². The molecule has 0 saturated heterocycles. The van der Waals surface area contributed by atoms with E-state index >= 15 is 0 Å². The fourth-order valence-electron chi connectivity index (χ4n) is 5.47. The van der Waals surface area contributed by atoms with Crippen molar-refractivity contribution in [3.05, 3.63) is 56.9 Å². The molecule has 3 aromatic rings. The highest BCUT2D eigenvalue weighted by Gasteiger charge is 2.35. The lowest BCUT2D eigenvalue weighted by atomic mass is 9.82. The summed E-state index contributed by atoms with van der Waals surface area (Å²) in [6.07, 6.45) is 6.22. The van der Waals surface area contributed by atoms with Gasteiger partial charge in [0.05, 0.1) is 28.3 Å². The van der Waals surface area contributed by atoms with Gasteiger partial charge < -0.3 is 9.88 Å². The molecule has 1 N–H and O–H groups in total. The predicted molar refractivity (Wildman–Crippen MR) is 115 cm³/mol. The van der Waals surface area contributed by atoms with Gasteiger partial charge in [-0.1, -0.05) is 49.6 Å². The molecule has 2 aromatic heterocycles. The van der Waals surface area contributed by atoms with Crippen LogP contribution in [0.4, 0.5) is 0 Å². The van der Waals surface area contributed by atoms with Crippen LogP contribution in [0.5, 0.6) is 0 Å². The summed E-state index contributed by atoms with van der Waals surface area (Å²) in [6, 6.07) is 10.3. The quantitative estimate of drug-likeness (QED) is 0.729. The molecule has 1 unspecified atom stereocenters. The van der Waals surface area contributed by atoms with Crippen molar-refractivity contribution < 1.29 is 0 Å². The fourth-order valence-corrected chi connectivity index (χ4v) is 5.47. The lowest BCUT2D eigenvalue weighted by Crippen LogP contribution is -2.40. The Labute approximate surface area is 169 Å². The Balaban J connectivity index is 1.89. The van der Waals surface area contributed by atoms with E-state index in [0.29, 0.717) is 11.3 Å². The van der Waals surface area contributed by atoms with Crippen molar-refractivity contribution in [1.82, 2.24) is 19.0 Å². The first-order valence-electron chi connectivity index (χ1n) is 10.7. The third-order valence-electron chi connectivity index (χ3n) is 6.87. The number of nitrogens with zero attached hydrogens (tertiary/aromatic N) is 3. The van der Waals surface area contributed by atoms with Gasteiger partial charge in [0.1, 0.15) is 0 Å². The van der Waals surface area contributed by atoms with Crippen LogP contribution in [-0.2, 0) is 20.6 Å². The molecule has 152 valence electrons. The van der Waals surface area contributed by atoms with Crippen molar-refractivity contribution in [2.75, 3.05) is 6.54 Å². The molecule has 1 atom stereocenters. The van der Waals surface area contributed by atoms with Gasteiger partial charge in [0.25, 0.3) is 5.56 Å². The summed E-state index contributed by atoms with van der Waals surface area (Å²) in [5.74, 6) is 0.545. The molecular formula is C23H28N4O2. The largest absolute Gasteiger partial charge is 0.339 e. The maximum Gasteiger partial charge on any atom is 0.331 e. The number of fused-ring (bicyclic) bond motifs is 3. The van der Waals surface area contributed by atoms with Crippen LogP contribution in [0.1, 0.15) is 43.8 Å². The summed E-state index contributed by atoms with van der Waals surface area (Å²) in [4.78, 5) is 26.1. The first-order chi connectivity index (χ1) is 14.1. The van der Waals surface area contributed by atoms with Crippen LogP contribution >= 0.6 is 0 Å². The molecule has 1 fully saturated rings. The Bertz CT molecular complexity index is 1180. The van der Waals surface area contributed by atoms with Gasteiger partial charge in [-0.3, -0.25) is 13.9 Å². The molecule has 2 aliphatic rings. The first kappa shape index (κ1) is 18.4. The van der Waals surface area contributed by atoms with E-state index in [4.69, 9.17) is 0 Å². The number of nitrogens with one attached hydrogen (secondary N) is 1. The Hall–Kier alpha value is -2.60. The number of benzene rings is 1.